The Morgan fingerprint density at radius 3 is 1.73 bits per heavy atom. The number of carbonyl (C=O) groups is 1. The summed E-state index contributed by atoms with van der Waals surface area (Å²) < 4.78 is 16.0. The monoisotopic (exact) mass is 460 g/mol. The van der Waals surface area contributed by atoms with Gasteiger partial charge in [0.05, 0.1) is 12.1 Å². The fourth-order valence-electron chi connectivity index (χ4n) is 3.66. The average molecular weight is 461 g/mol. The molecule has 0 aromatic rings. The van der Waals surface area contributed by atoms with Crippen LogP contribution in [-0.4, -0.2) is 49.3 Å². The molecule has 1 unspecified atom stereocenters. The summed E-state index contributed by atoms with van der Waals surface area (Å²) in [7, 11) is -3.41. The van der Waals surface area contributed by atoms with Crippen molar-refractivity contribution in [3.63, 3.8) is 0 Å². The SMILES string of the molecule is C=CC(C(=O)OCC)P1(=NC(C)(C)C)N(C(C)(C)C)P(NC(C)(C)C)N1C(C)(C)C. The van der Waals surface area contributed by atoms with Gasteiger partial charge in [-0.05, 0) is 90.0 Å². The molecule has 0 radical (unpaired) electrons. The van der Waals surface area contributed by atoms with Gasteiger partial charge in [0.2, 0.25) is 0 Å². The van der Waals surface area contributed by atoms with Crippen molar-refractivity contribution in [2.45, 2.75) is 118 Å². The van der Waals surface area contributed by atoms with Crippen LogP contribution in [0.2, 0.25) is 0 Å². The van der Waals surface area contributed by atoms with Gasteiger partial charge in [-0.3, -0.25) is 14.6 Å². The Hall–Kier alpha value is -0.250. The van der Waals surface area contributed by atoms with Crippen molar-refractivity contribution in [2.75, 3.05) is 6.61 Å². The molecule has 1 fully saturated rings. The molecule has 1 saturated heterocycles. The molecule has 6 nitrogen and oxygen atoms in total. The summed E-state index contributed by atoms with van der Waals surface area (Å²) in [5.41, 5.74) is -1.29. The molecule has 1 aliphatic rings. The van der Waals surface area contributed by atoms with E-state index in [4.69, 9.17) is 9.48 Å². The van der Waals surface area contributed by atoms with Crippen molar-refractivity contribution in [1.82, 2.24) is 14.0 Å². The van der Waals surface area contributed by atoms with E-state index in [1.165, 1.54) is 0 Å². The van der Waals surface area contributed by atoms with Crippen molar-refractivity contribution < 1.29 is 9.53 Å². The molecular weight excluding hydrogens is 414 g/mol. The molecule has 1 atom stereocenters. The van der Waals surface area contributed by atoms with Gasteiger partial charge in [-0.15, -0.1) is 6.58 Å². The van der Waals surface area contributed by atoms with Crippen LogP contribution >= 0.6 is 15.7 Å². The molecule has 0 aliphatic carbocycles. The van der Waals surface area contributed by atoms with Gasteiger partial charge in [-0.1, -0.05) is 6.08 Å². The molecule has 0 bridgehead atoms. The van der Waals surface area contributed by atoms with E-state index >= 15 is 0 Å². The van der Waals surface area contributed by atoms with Crippen molar-refractivity contribution in [3.05, 3.63) is 12.7 Å². The van der Waals surface area contributed by atoms with Gasteiger partial charge in [0.25, 0.3) is 0 Å². The molecule has 0 aromatic carbocycles. The van der Waals surface area contributed by atoms with Gasteiger partial charge in [-0.2, -0.15) is 0 Å². The zero-order chi connectivity index (χ0) is 23.9. The van der Waals surface area contributed by atoms with Gasteiger partial charge in [0.15, 0.2) is 0 Å². The maximum atomic E-state index is 13.2. The predicted molar refractivity (Wildman–Crippen MR) is 133 cm³/mol. The molecule has 0 aromatic heterocycles. The Morgan fingerprint density at radius 2 is 1.47 bits per heavy atom. The topological polar surface area (TPSA) is 57.2 Å². The Kier molecular flexibility index (Phi) is 8.28. The number of esters is 1. The average Bonchev–Trinajstić information content (AvgIpc) is 2.40. The number of nitrogens with one attached hydrogen (secondary N) is 1. The van der Waals surface area contributed by atoms with Crippen molar-refractivity contribution in [1.29, 1.82) is 0 Å². The summed E-state index contributed by atoms with van der Waals surface area (Å²) in [6.07, 6.45) is 1.77. The van der Waals surface area contributed by atoms with E-state index in [0.717, 1.165) is 0 Å². The van der Waals surface area contributed by atoms with E-state index < -0.39 is 21.4 Å². The molecule has 30 heavy (non-hydrogen) atoms. The number of carbonyl (C=O) groups excluding carboxylic acids is 1. The smallest absolute Gasteiger partial charge is 0.321 e. The second-order valence-corrected chi connectivity index (χ2v) is 16.9. The van der Waals surface area contributed by atoms with Crippen LogP contribution in [0, 0.1) is 0 Å². The second-order valence-electron chi connectivity index (χ2n) is 11.9. The largest absolute Gasteiger partial charge is 0.465 e. The minimum absolute atomic E-state index is 0.0792. The van der Waals surface area contributed by atoms with Gasteiger partial charge < -0.3 is 4.74 Å². The zero-order valence-corrected chi connectivity index (χ0v) is 23.4. The highest BCUT2D eigenvalue weighted by atomic mass is 31.3. The summed E-state index contributed by atoms with van der Waals surface area (Å²) in [4.78, 5) is 13.2. The highest BCUT2D eigenvalue weighted by Gasteiger charge is 2.66. The maximum Gasteiger partial charge on any atom is 0.321 e. The van der Waals surface area contributed by atoms with Gasteiger partial charge in [0.1, 0.15) is 21.4 Å². The minimum atomic E-state index is -2.53. The Balaban J connectivity index is 3.99. The predicted octanol–water partition coefficient (Wildman–Crippen LogP) is 6.76. The standard InChI is InChI=1S/C22H46N4O2P2/c1-15-17(18(27)28-16-2)30(24-20(6,7)8)25(21(9,10)11)29(23-19(3,4)5)26(30)22(12,13)14/h15,17,23H,1,16H2,2-14H3. The third kappa shape index (κ3) is 5.95. The summed E-state index contributed by atoms with van der Waals surface area (Å²) in [5.74, 6) is -0.234. The minimum Gasteiger partial charge on any atom is -0.465 e. The van der Waals surface area contributed by atoms with Crippen LogP contribution in [-0.2, 0) is 9.53 Å². The van der Waals surface area contributed by atoms with E-state index in [0.29, 0.717) is 6.61 Å². The van der Waals surface area contributed by atoms with Crippen LogP contribution in [0.5, 0.6) is 0 Å². The molecule has 0 spiro atoms. The maximum absolute atomic E-state index is 13.2. The van der Waals surface area contributed by atoms with Gasteiger partial charge in [0, 0.05) is 16.6 Å². The molecule has 0 amide bonds. The first-order chi connectivity index (χ1) is 13.2. The summed E-state index contributed by atoms with van der Waals surface area (Å²) >= 11 is 0. The molecule has 1 aliphatic heterocycles. The third-order valence-corrected chi connectivity index (χ3v) is 13.9. The highest BCUT2D eigenvalue weighted by Crippen LogP contribution is 2.88. The van der Waals surface area contributed by atoms with Crippen LogP contribution < -0.4 is 5.09 Å². The quantitative estimate of drug-likeness (QED) is 0.279. The van der Waals surface area contributed by atoms with Gasteiger partial charge in [-0.25, -0.2) is 8.88 Å². The lowest BCUT2D eigenvalue weighted by molar-refractivity contribution is -0.141. The molecule has 1 N–H and O–H groups in total. The highest BCUT2D eigenvalue weighted by molar-refractivity contribution is 7.87. The fourth-order valence-corrected chi connectivity index (χ4v) is 13.6. The van der Waals surface area contributed by atoms with Crippen molar-refractivity contribution in [3.8, 4) is 0 Å². The molecule has 0 saturated carbocycles. The van der Waals surface area contributed by atoms with Crippen LogP contribution in [0.1, 0.15) is 90.0 Å². The van der Waals surface area contributed by atoms with Crippen LogP contribution in [0.3, 0.4) is 0 Å². The molecule has 1 heterocycles. The summed E-state index contributed by atoms with van der Waals surface area (Å²) in [6.45, 7) is 32.4. The van der Waals surface area contributed by atoms with E-state index in [1.54, 1.807) is 6.08 Å². The van der Waals surface area contributed by atoms with Crippen LogP contribution in [0.25, 0.3) is 0 Å². The lowest BCUT2D eigenvalue weighted by atomic mass is 10.1. The first-order valence-electron chi connectivity index (χ1n) is 10.8. The molecule has 8 heteroatoms. The zero-order valence-electron chi connectivity index (χ0n) is 21.6. The van der Waals surface area contributed by atoms with E-state index in [1.807, 2.05) is 6.92 Å². The van der Waals surface area contributed by atoms with Crippen LogP contribution in [0.4, 0.5) is 0 Å². The molecular formula is C22H46N4O2P2. The lowest BCUT2D eigenvalue weighted by Gasteiger charge is -2.69. The lowest BCUT2D eigenvalue weighted by Crippen LogP contribution is -2.62. The van der Waals surface area contributed by atoms with E-state index in [9.17, 15) is 4.79 Å². The molecule has 176 valence electrons. The summed E-state index contributed by atoms with van der Waals surface area (Å²) in [6, 6.07) is 0. The van der Waals surface area contributed by atoms with Crippen molar-refractivity contribution in [2.24, 2.45) is 4.74 Å². The first-order valence-corrected chi connectivity index (χ1v) is 13.8. The molecule has 1 rings (SSSR count). The number of nitrogens with zero attached hydrogens (tertiary/aromatic N) is 3. The first kappa shape index (κ1) is 27.8. The Bertz CT molecular complexity index is 668. The fraction of sp³-hybridized carbons (Fsp3) is 0.864. The normalized spacial score (nSPS) is 25.4. The summed E-state index contributed by atoms with van der Waals surface area (Å²) in [5, 5.41) is 3.86. The number of rotatable bonds is 5. The van der Waals surface area contributed by atoms with Crippen LogP contribution in [0.15, 0.2) is 17.4 Å². The number of ether oxygens (including phenoxy) is 1. The van der Waals surface area contributed by atoms with Crippen molar-refractivity contribution >= 4 is 21.7 Å². The van der Waals surface area contributed by atoms with E-state index in [-0.39, 0.29) is 28.1 Å². The second kappa shape index (κ2) is 8.94. The van der Waals surface area contributed by atoms with Gasteiger partial charge >= 0.3 is 5.97 Å². The third-order valence-electron chi connectivity index (χ3n) is 4.12. The number of hydrogen-bond acceptors (Lipinski definition) is 4. The number of hydrogen-bond donors (Lipinski definition) is 1. The van der Waals surface area contributed by atoms with E-state index in [2.05, 4.69) is 104 Å². The Labute approximate surface area is 187 Å². The Morgan fingerprint density at radius 1 is 1.03 bits per heavy atom.